The molecule has 0 saturated carbocycles. The Balaban J connectivity index is 1.87. The summed E-state index contributed by atoms with van der Waals surface area (Å²) in [6.07, 6.45) is 2.32. The largest absolute Gasteiger partial charge is 0.341 e. The number of hydrazine groups is 1. The molecule has 1 aliphatic rings. The van der Waals surface area contributed by atoms with Crippen LogP contribution in [0, 0.1) is 6.92 Å². The zero-order chi connectivity index (χ0) is 13.9. The lowest BCUT2D eigenvalue weighted by atomic mass is 10.4. The van der Waals surface area contributed by atoms with Crippen molar-refractivity contribution in [1.29, 1.82) is 0 Å². The molecule has 1 saturated heterocycles. The average molecular weight is 310 g/mol. The maximum Gasteiger partial charge on any atom is 0.242 e. The molecule has 10 heteroatoms. The minimum Gasteiger partial charge on any atom is -0.341 e. The van der Waals surface area contributed by atoms with Gasteiger partial charge in [0.05, 0.1) is 0 Å². The highest BCUT2D eigenvalue weighted by Gasteiger charge is 2.18. The number of hydrogen-bond acceptors (Lipinski definition) is 10. The van der Waals surface area contributed by atoms with E-state index in [0.29, 0.717) is 17.1 Å². The summed E-state index contributed by atoms with van der Waals surface area (Å²) in [5.41, 5.74) is 2.49. The number of anilines is 2. The molecular formula is C10H14N8S2. The topological polar surface area (TPSA) is 106 Å². The maximum atomic E-state index is 5.43. The molecule has 3 rings (SSSR count). The Bertz CT molecular complexity index is 595. The Labute approximate surface area is 124 Å². The summed E-state index contributed by atoms with van der Waals surface area (Å²) in [7, 11) is 0. The molecule has 1 aliphatic heterocycles. The van der Waals surface area contributed by atoms with Crippen LogP contribution in [0.3, 0.4) is 0 Å². The van der Waals surface area contributed by atoms with Gasteiger partial charge in [-0.15, -0.1) is 10.2 Å². The van der Waals surface area contributed by atoms with Gasteiger partial charge >= 0.3 is 0 Å². The second kappa shape index (κ2) is 5.85. The van der Waals surface area contributed by atoms with Crippen molar-refractivity contribution in [3.63, 3.8) is 0 Å². The van der Waals surface area contributed by atoms with Crippen LogP contribution >= 0.6 is 23.1 Å². The molecule has 0 atom stereocenters. The third kappa shape index (κ3) is 2.97. The van der Waals surface area contributed by atoms with Crippen molar-refractivity contribution in [1.82, 2.24) is 25.1 Å². The molecule has 0 unspecified atom stereocenters. The highest BCUT2D eigenvalue weighted by molar-refractivity contribution is 8.00. The lowest BCUT2D eigenvalue weighted by molar-refractivity contribution is 0.826. The molecule has 0 aliphatic carbocycles. The van der Waals surface area contributed by atoms with Gasteiger partial charge < -0.3 is 4.90 Å². The van der Waals surface area contributed by atoms with Crippen LogP contribution in [0.25, 0.3) is 0 Å². The first-order valence-electron chi connectivity index (χ1n) is 6.20. The third-order valence-corrected chi connectivity index (χ3v) is 4.56. The van der Waals surface area contributed by atoms with Gasteiger partial charge in [0.25, 0.3) is 0 Å². The molecule has 2 aromatic heterocycles. The van der Waals surface area contributed by atoms with Crippen LogP contribution in [0.1, 0.15) is 17.8 Å². The summed E-state index contributed by atoms with van der Waals surface area (Å²) in [4.78, 5) is 15.2. The van der Waals surface area contributed by atoms with Gasteiger partial charge in [0, 0.05) is 13.1 Å². The Morgan fingerprint density at radius 1 is 1.20 bits per heavy atom. The lowest BCUT2D eigenvalue weighted by Crippen LogP contribution is -2.22. The maximum absolute atomic E-state index is 5.43. The van der Waals surface area contributed by atoms with E-state index in [0.717, 1.165) is 35.3 Å². The van der Waals surface area contributed by atoms with Crippen LogP contribution in [0.4, 0.5) is 11.9 Å². The Morgan fingerprint density at radius 3 is 2.65 bits per heavy atom. The van der Waals surface area contributed by atoms with Gasteiger partial charge in [0.2, 0.25) is 17.1 Å². The second-order valence-electron chi connectivity index (χ2n) is 4.27. The molecule has 8 nitrogen and oxygen atoms in total. The van der Waals surface area contributed by atoms with E-state index in [-0.39, 0.29) is 0 Å². The first-order chi connectivity index (χ1) is 9.74. The fraction of sp³-hybridized carbons (Fsp3) is 0.500. The van der Waals surface area contributed by atoms with E-state index in [9.17, 15) is 0 Å². The van der Waals surface area contributed by atoms with Crippen LogP contribution in [-0.4, -0.2) is 38.2 Å². The van der Waals surface area contributed by atoms with E-state index in [1.165, 1.54) is 23.1 Å². The van der Waals surface area contributed by atoms with E-state index >= 15 is 0 Å². The van der Waals surface area contributed by atoms with E-state index in [2.05, 4.69) is 35.5 Å². The Kier molecular flexibility index (Phi) is 3.94. The predicted molar refractivity (Wildman–Crippen MR) is 77.9 cm³/mol. The van der Waals surface area contributed by atoms with Crippen LogP contribution in [0.5, 0.6) is 0 Å². The molecule has 3 N–H and O–H groups in total. The Morgan fingerprint density at radius 2 is 2.00 bits per heavy atom. The molecule has 2 aromatic rings. The zero-order valence-electron chi connectivity index (χ0n) is 10.9. The summed E-state index contributed by atoms with van der Waals surface area (Å²) in [5, 5.41) is 9.53. The fourth-order valence-electron chi connectivity index (χ4n) is 1.91. The van der Waals surface area contributed by atoms with Crippen LogP contribution < -0.4 is 16.2 Å². The third-order valence-electron chi connectivity index (χ3n) is 2.81. The Hall–Kier alpha value is -1.52. The number of aryl methyl sites for hydroxylation is 1. The summed E-state index contributed by atoms with van der Waals surface area (Å²) >= 11 is 2.88. The predicted octanol–water partition coefficient (Wildman–Crippen LogP) is 1.07. The molecule has 20 heavy (non-hydrogen) atoms. The molecular weight excluding hydrogens is 296 g/mol. The van der Waals surface area contributed by atoms with Crippen molar-refractivity contribution in [3.05, 3.63) is 5.01 Å². The number of nitrogens with two attached hydrogens (primary N) is 1. The number of aromatic nitrogens is 5. The molecule has 0 radical (unpaired) electrons. The van der Waals surface area contributed by atoms with Crippen LogP contribution in [0.15, 0.2) is 9.50 Å². The van der Waals surface area contributed by atoms with Gasteiger partial charge in [-0.1, -0.05) is 11.3 Å². The molecule has 0 bridgehead atoms. The zero-order valence-corrected chi connectivity index (χ0v) is 12.5. The minimum absolute atomic E-state index is 0.366. The summed E-state index contributed by atoms with van der Waals surface area (Å²) in [6.45, 7) is 3.85. The quantitative estimate of drug-likeness (QED) is 0.633. The van der Waals surface area contributed by atoms with Crippen molar-refractivity contribution >= 4 is 35.0 Å². The van der Waals surface area contributed by atoms with Crippen LogP contribution in [0.2, 0.25) is 0 Å². The summed E-state index contributed by atoms with van der Waals surface area (Å²) < 4.78 is 0.809. The SMILES string of the molecule is Cc1nnc(Sc2nc(NN)nc(N3CCCC3)n2)s1. The van der Waals surface area contributed by atoms with Crippen molar-refractivity contribution in [3.8, 4) is 0 Å². The molecule has 3 heterocycles. The number of hydrogen-bond donors (Lipinski definition) is 2. The van der Waals surface area contributed by atoms with Crippen molar-refractivity contribution in [2.75, 3.05) is 23.4 Å². The van der Waals surface area contributed by atoms with Crippen molar-refractivity contribution < 1.29 is 0 Å². The molecule has 0 aromatic carbocycles. The van der Waals surface area contributed by atoms with E-state index in [1.54, 1.807) is 0 Å². The normalized spacial score (nSPS) is 14.8. The number of nitrogen functional groups attached to an aromatic ring is 1. The number of rotatable bonds is 4. The highest BCUT2D eigenvalue weighted by Crippen LogP contribution is 2.29. The summed E-state index contributed by atoms with van der Waals surface area (Å²) in [6, 6.07) is 0. The van der Waals surface area contributed by atoms with Crippen LogP contribution in [-0.2, 0) is 0 Å². The first kappa shape index (κ1) is 13.5. The standard InChI is InChI=1S/C10H14N8S2/c1-6-16-17-10(19-6)20-9-13-7(15-11)12-8(14-9)18-4-2-3-5-18/h2-5,11H2,1H3,(H,12,13,14,15). The highest BCUT2D eigenvalue weighted by atomic mass is 32.2. The first-order valence-corrected chi connectivity index (χ1v) is 7.83. The van der Waals surface area contributed by atoms with Gasteiger partial charge in [-0.2, -0.15) is 15.0 Å². The van der Waals surface area contributed by atoms with Gasteiger partial charge in [0.1, 0.15) is 5.01 Å². The van der Waals surface area contributed by atoms with E-state index in [1.807, 2.05) is 6.92 Å². The van der Waals surface area contributed by atoms with Gasteiger partial charge in [-0.25, -0.2) is 5.84 Å². The molecule has 0 amide bonds. The molecule has 0 spiro atoms. The summed E-state index contributed by atoms with van der Waals surface area (Å²) in [5.74, 6) is 6.46. The second-order valence-corrected chi connectivity index (χ2v) is 6.67. The van der Waals surface area contributed by atoms with Gasteiger partial charge in [-0.3, -0.25) is 5.43 Å². The average Bonchev–Trinajstić information content (AvgIpc) is 3.10. The molecule has 106 valence electrons. The van der Waals surface area contributed by atoms with Crippen molar-refractivity contribution in [2.45, 2.75) is 29.3 Å². The monoisotopic (exact) mass is 310 g/mol. The van der Waals surface area contributed by atoms with Gasteiger partial charge in [0.15, 0.2) is 4.34 Å². The number of nitrogens with one attached hydrogen (secondary N) is 1. The van der Waals surface area contributed by atoms with Gasteiger partial charge in [-0.05, 0) is 31.5 Å². The van der Waals surface area contributed by atoms with E-state index < -0.39 is 0 Å². The van der Waals surface area contributed by atoms with E-state index in [4.69, 9.17) is 5.84 Å². The smallest absolute Gasteiger partial charge is 0.242 e. The fourth-order valence-corrected chi connectivity index (χ4v) is 3.58. The minimum atomic E-state index is 0.366. The van der Waals surface area contributed by atoms with Crippen molar-refractivity contribution in [2.24, 2.45) is 5.84 Å². The molecule has 1 fully saturated rings. The number of nitrogens with zero attached hydrogens (tertiary/aromatic N) is 6. The lowest BCUT2D eigenvalue weighted by Gasteiger charge is -2.15.